The lowest BCUT2D eigenvalue weighted by Crippen LogP contribution is -2.01. The molecule has 0 amide bonds. The Morgan fingerprint density at radius 2 is 1.54 bits per heavy atom. The van der Waals surface area contributed by atoms with Gasteiger partial charge in [0.05, 0.1) is 0 Å². The van der Waals surface area contributed by atoms with Crippen molar-refractivity contribution in [3.63, 3.8) is 0 Å². The number of aryl methyl sites for hydroxylation is 1. The normalized spacial score (nSPS) is 11.7. The molecule has 0 aliphatic heterocycles. The molecule has 1 aromatic rings. The third kappa shape index (κ3) is 2.00. The van der Waals surface area contributed by atoms with E-state index in [0.717, 1.165) is 12.1 Å². The van der Waals surface area contributed by atoms with Gasteiger partial charge in [-0.05, 0) is 24.6 Å². The molecule has 2 nitrogen and oxygen atoms in total. The van der Waals surface area contributed by atoms with Crippen LogP contribution in [0.2, 0.25) is 0 Å². The summed E-state index contributed by atoms with van der Waals surface area (Å²) in [6.45, 7) is 1.36. The van der Waals surface area contributed by atoms with Crippen LogP contribution in [0.15, 0.2) is 17.0 Å². The Morgan fingerprint density at radius 1 is 1.15 bits per heavy atom. The monoisotopic (exact) mass is 210 g/mol. The number of benzene rings is 1. The first-order chi connectivity index (χ1) is 5.82. The molecular weight excluding hydrogens is 205 g/mol. The van der Waals surface area contributed by atoms with Gasteiger partial charge in [-0.3, -0.25) is 0 Å². The van der Waals surface area contributed by atoms with E-state index in [-0.39, 0.29) is 5.56 Å². The maximum absolute atomic E-state index is 12.7. The number of halogens is 3. The van der Waals surface area contributed by atoms with E-state index in [4.69, 9.17) is 0 Å². The molecule has 0 unspecified atom stereocenters. The molecule has 0 saturated heterocycles. The fraction of sp³-hybridized carbons (Fsp3) is 0.143. The highest BCUT2D eigenvalue weighted by Crippen LogP contribution is 2.21. The van der Waals surface area contributed by atoms with E-state index in [1.807, 2.05) is 0 Å². The molecule has 0 aliphatic rings. The van der Waals surface area contributed by atoms with Gasteiger partial charge < -0.3 is 0 Å². The standard InChI is InChI=1S/C7H5F3O2S/c1-4-2-5(8)7(6(9)3-4)13(10,11)12/h2-3H,1H3. The summed E-state index contributed by atoms with van der Waals surface area (Å²) in [6.07, 6.45) is 0. The Kier molecular flexibility index (Phi) is 2.34. The third-order valence-electron chi connectivity index (χ3n) is 1.39. The Morgan fingerprint density at radius 3 is 1.85 bits per heavy atom. The minimum absolute atomic E-state index is 0.183. The molecule has 13 heavy (non-hydrogen) atoms. The smallest absolute Gasteiger partial charge is 0.205 e. The molecule has 0 fully saturated rings. The summed E-state index contributed by atoms with van der Waals surface area (Å²) in [5.41, 5.74) is 0.183. The maximum Gasteiger partial charge on any atom is 0.337 e. The second-order valence-corrected chi connectivity index (χ2v) is 3.78. The van der Waals surface area contributed by atoms with Crippen molar-refractivity contribution in [2.45, 2.75) is 11.8 Å². The molecule has 6 heteroatoms. The van der Waals surface area contributed by atoms with Gasteiger partial charge in [-0.15, -0.1) is 3.89 Å². The van der Waals surface area contributed by atoms with Gasteiger partial charge in [0.1, 0.15) is 11.6 Å². The van der Waals surface area contributed by atoms with Gasteiger partial charge in [-0.2, -0.15) is 8.42 Å². The van der Waals surface area contributed by atoms with Crippen LogP contribution in [-0.2, 0) is 10.2 Å². The van der Waals surface area contributed by atoms with Crippen molar-refractivity contribution < 1.29 is 21.1 Å². The molecule has 0 bridgehead atoms. The molecule has 0 radical (unpaired) electrons. The number of hydrogen-bond acceptors (Lipinski definition) is 2. The van der Waals surface area contributed by atoms with E-state index in [2.05, 4.69) is 0 Å². The van der Waals surface area contributed by atoms with E-state index < -0.39 is 26.8 Å². The van der Waals surface area contributed by atoms with E-state index in [0.29, 0.717) is 0 Å². The second-order valence-electron chi connectivity index (χ2n) is 2.50. The average molecular weight is 210 g/mol. The van der Waals surface area contributed by atoms with Crippen LogP contribution < -0.4 is 0 Å². The molecular formula is C7H5F3O2S. The third-order valence-corrected chi connectivity index (χ3v) is 2.26. The predicted molar refractivity (Wildman–Crippen MR) is 39.4 cm³/mol. The van der Waals surface area contributed by atoms with Gasteiger partial charge in [0, 0.05) is 0 Å². The topological polar surface area (TPSA) is 34.1 Å². The van der Waals surface area contributed by atoms with E-state index >= 15 is 0 Å². The summed E-state index contributed by atoms with van der Waals surface area (Å²) in [7, 11) is -5.33. The minimum Gasteiger partial charge on any atom is -0.205 e. The zero-order valence-electron chi connectivity index (χ0n) is 6.51. The molecule has 0 N–H and O–H groups in total. The van der Waals surface area contributed by atoms with Crippen LogP contribution in [0.5, 0.6) is 0 Å². The lowest BCUT2D eigenvalue weighted by molar-refractivity contribution is 0.499. The van der Waals surface area contributed by atoms with Gasteiger partial charge in [-0.25, -0.2) is 8.78 Å². The molecule has 0 aromatic heterocycles. The molecule has 72 valence electrons. The van der Waals surface area contributed by atoms with Gasteiger partial charge in [0.2, 0.25) is 0 Å². The second kappa shape index (κ2) is 3.02. The molecule has 0 atom stereocenters. The Hall–Kier alpha value is -1.04. The van der Waals surface area contributed by atoms with Gasteiger partial charge in [0.25, 0.3) is 0 Å². The summed E-state index contributed by atoms with van der Waals surface area (Å²) in [5.74, 6) is -2.83. The van der Waals surface area contributed by atoms with Crippen LogP contribution in [0.4, 0.5) is 12.7 Å². The zero-order valence-corrected chi connectivity index (χ0v) is 7.33. The predicted octanol–water partition coefficient (Wildman–Crippen LogP) is 1.93. The Bertz CT molecular complexity index is 416. The van der Waals surface area contributed by atoms with Gasteiger partial charge >= 0.3 is 10.2 Å². The fourth-order valence-electron chi connectivity index (χ4n) is 0.920. The highest BCUT2D eigenvalue weighted by atomic mass is 32.3. The van der Waals surface area contributed by atoms with Gasteiger partial charge in [0.15, 0.2) is 4.90 Å². The van der Waals surface area contributed by atoms with Crippen LogP contribution >= 0.6 is 0 Å². The molecule has 1 rings (SSSR count). The lowest BCUT2D eigenvalue weighted by Gasteiger charge is -2.00. The molecule has 1 aromatic carbocycles. The summed E-state index contributed by atoms with van der Waals surface area (Å²) in [6, 6.07) is 1.49. The Balaban J connectivity index is 3.57. The van der Waals surface area contributed by atoms with Crippen molar-refractivity contribution >= 4 is 10.2 Å². The fourth-order valence-corrected chi connectivity index (χ4v) is 1.50. The molecule has 0 spiro atoms. The van der Waals surface area contributed by atoms with Crippen LogP contribution in [0.1, 0.15) is 5.56 Å². The quantitative estimate of drug-likeness (QED) is 0.664. The number of rotatable bonds is 1. The first-order valence-corrected chi connectivity index (χ1v) is 4.61. The summed E-state index contributed by atoms with van der Waals surface area (Å²) in [4.78, 5) is -1.53. The van der Waals surface area contributed by atoms with Crippen LogP contribution in [0, 0.1) is 18.6 Å². The maximum atomic E-state index is 12.7. The van der Waals surface area contributed by atoms with Crippen molar-refractivity contribution in [3.8, 4) is 0 Å². The van der Waals surface area contributed by atoms with Crippen molar-refractivity contribution in [1.29, 1.82) is 0 Å². The Labute approximate surface area is 73.2 Å². The summed E-state index contributed by atoms with van der Waals surface area (Å²) in [5, 5.41) is 0. The van der Waals surface area contributed by atoms with Crippen molar-refractivity contribution in [2.24, 2.45) is 0 Å². The number of hydrogen-bond donors (Lipinski definition) is 0. The summed E-state index contributed by atoms with van der Waals surface area (Å²) >= 11 is 0. The average Bonchev–Trinajstić information content (AvgIpc) is 1.78. The molecule has 0 aliphatic carbocycles. The highest BCUT2D eigenvalue weighted by Gasteiger charge is 2.23. The van der Waals surface area contributed by atoms with Crippen LogP contribution in [-0.4, -0.2) is 8.42 Å². The van der Waals surface area contributed by atoms with Crippen LogP contribution in [0.3, 0.4) is 0 Å². The van der Waals surface area contributed by atoms with Crippen molar-refractivity contribution in [3.05, 3.63) is 29.3 Å². The highest BCUT2D eigenvalue weighted by molar-refractivity contribution is 7.86. The zero-order chi connectivity index (χ0) is 10.2. The van der Waals surface area contributed by atoms with E-state index in [1.54, 1.807) is 0 Å². The first-order valence-electron chi connectivity index (χ1n) is 3.22. The first kappa shape index (κ1) is 10.0. The van der Waals surface area contributed by atoms with E-state index in [9.17, 15) is 21.1 Å². The van der Waals surface area contributed by atoms with Gasteiger partial charge in [-0.1, -0.05) is 0 Å². The van der Waals surface area contributed by atoms with Crippen molar-refractivity contribution in [1.82, 2.24) is 0 Å². The van der Waals surface area contributed by atoms with Crippen molar-refractivity contribution in [2.75, 3.05) is 0 Å². The molecule has 0 saturated carbocycles. The molecule has 0 heterocycles. The largest absolute Gasteiger partial charge is 0.337 e. The minimum atomic E-state index is -5.33. The summed E-state index contributed by atoms with van der Waals surface area (Å²) < 4.78 is 58.2. The van der Waals surface area contributed by atoms with Crippen LogP contribution in [0.25, 0.3) is 0 Å². The lowest BCUT2D eigenvalue weighted by atomic mass is 10.2. The van der Waals surface area contributed by atoms with E-state index in [1.165, 1.54) is 6.92 Å². The SMILES string of the molecule is Cc1cc(F)c(S(=O)(=O)F)c(F)c1.